The van der Waals surface area contributed by atoms with Crippen LogP contribution in [0.1, 0.15) is 43.7 Å². The Balaban J connectivity index is 2.17. The molecule has 4 heteroatoms. The monoisotopic (exact) mass is 276 g/mol. The van der Waals surface area contributed by atoms with Crippen molar-refractivity contribution in [3.8, 4) is 6.07 Å². The van der Waals surface area contributed by atoms with Crippen molar-refractivity contribution in [2.45, 2.75) is 51.3 Å². The maximum Gasteiger partial charge on any atom is 0.124 e. The standard InChI is InChI=1S/C16H21FN2O/c1-2-16(20)15-5-3-4-8-19(15)11-12-6-7-14(17)9-13(12)10-18/h6-7,9,15-16,20H,2-5,8,11H2,1H3. The molecule has 1 N–H and O–H groups in total. The third kappa shape index (κ3) is 3.36. The number of nitriles is 1. The molecule has 0 bridgehead atoms. The minimum Gasteiger partial charge on any atom is -0.392 e. The number of piperidine rings is 1. The summed E-state index contributed by atoms with van der Waals surface area (Å²) in [5.74, 6) is -0.380. The Labute approximate surface area is 119 Å². The molecule has 1 aromatic rings. The molecule has 0 spiro atoms. The smallest absolute Gasteiger partial charge is 0.124 e. The molecule has 1 aliphatic heterocycles. The molecule has 0 aliphatic carbocycles. The second-order valence-corrected chi connectivity index (χ2v) is 5.42. The Morgan fingerprint density at radius 2 is 2.30 bits per heavy atom. The zero-order chi connectivity index (χ0) is 14.5. The third-order valence-electron chi connectivity index (χ3n) is 4.09. The number of hydrogen-bond acceptors (Lipinski definition) is 3. The minimum absolute atomic E-state index is 0.144. The molecule has 2 rings (SSSR count). The Morgan fingerprint density at radius 3 is 3.00 bits per heavy atom. The van der Waals surface area contributed by atoms with E-state index in [1.54, 1.807) is 6.07 Å². The number of halogens is 1. The second kappa shape index (κ2) is 6.83. The van der Waals surface area contributed by atoms with Gasteiger partial charge in [0, 0.05) is 12.6 Å². The van der Waals surface area contributed by atoms with Crippen molar-refractivity contribution < 1.29 is 9.50 Å². The first-order chi connectivity index (χ1) is 9.65. The van der Waals surface area contributed by atoms with Crippen LogP contribution in [0.5, 0.6) is 0 Å². The van der Waals surface area contributed by atoms with Crippen LogP contribution in [0.25, 0.3) is 0 Å². The highest BCUT2D eigenvalue weighted by Crippen LogP contribution is 2.24. The fourth-order valence-corrected chi connectivity index (χ4v) is 2.93. The van der Waals surface area contributed by atoms with Crippen LogP contribution in [0.4, 0.5) is 4.39 Å². The molecule has 0 saturated carbocycles. The Hall–Kier alpha value is -1.44. The molecule has 20 heavy (non-hydrogen) atoms. The van der Waals surface area contributed by atoms with Crippen molar-refractivity contribution in [2.75, 3.05) is 6.54 Å². The van der Waals surface area contributed by atoms with Crippen LogP contribution in [0.3, 0.4) is 0 Å². The highest BCUT2D eigenvalue weighted by Gasteiger charge is 2.28. The topological polar surface area (TPSA) is 47.3 Å². The van der Waals surface area contributed by atoms with E-state index < -0.39 is 0 Å². The molecule has 2 atom stereocenters. The second-order valence-electron chi connectivity index (χ2n) is 5.42. The number of likely N-dealkylation sites (tertiary alicyclic amines) is 1. The number of rotatable bonds is 4. The molecule has 0 aromatic heterocycles. The third-order valence-corrected chi connectivity index (χ3v) is 4.09. The number of aliphatic hydroxyl groups is 1. The van der Waals surface area contributed by atoms with Gasteiger partial charge in [-0.3, -0.25) is 4.90 Å². The van der Waals surface area contributed by atoms with Gasteiger partial charge < -0.3 is 5.11 Å². The van der Waals surface area contributed by atoms with Gasteiger partial charge in [-0.25, -0.2) is 4.39 Å². The summed E-state index contributed by atoms with van der Waals surface area (Å²) in [6, 6.07) is 6.55. The first-order valence-corrected chi connectivity index (χ1v) is 7.26. The molecule has 0 amide bonds. The lowest BCUT2D eigenvalue weighted by Crippen LogP contribution is -2.46. The summed E-state index contributed by atoms with van der Waals surface area (Å²) in [4.78, 5) is 2.23. The summed E-state index contributed by atoms with van der Waals surface area (Å²) < 4.78 is 13.2. The van der Waals surface area contributed by atoms with E-state index in [-0.39, 0.29) is 18.0 Å². The molecule has 1 saturated heterocycles. The summed E-state index contributed by atoms with van der Waals surface area (Å²) in [5.41, 5.74) is 1.23. The van der Waals surface area contributed by atoms with E-state index in [2.05, 4.69) is 11.0 Å². The van der Waals surface area contributed by atoms with E-state index in [1.165, 1.54) is 12.1 Å². The average Bonchev–Trinajstić information content (AvgIpc) is 2.48. The summed E-state index contributed by atoms with van der Waals surface area (Å²) in [6.07, 6.45) is 3.62. The van der Waals surface area contributed by atoms with Gasteiger partial charge in [0.05, 0.1) is 17.7 Å². The van der Waals surface area contributed by atoms with E-state index in [9.17, 15) is 9.50 Å². The number of nitrogens with zero attached hydrogens (tertiary/aromatic N) is 2. The van der Waals surface area contributed by atoms with Crippen molar-refractivity contribution in [2.24, 2.45) is 0 Å². The fourth-order valence-electron chi connectivity index (χ4n) is 2.93. The van der Waals surface area contributed by atoms with Gasteiger partial charge in [0.15, 0.2) is 0 Å². The first kappa shape index (κ1) is 15.0. The van der Waals surface area contributed by atoms with E-state index in [1.807, 2.05) is 6.92 Å². The maximum absolute atomic E-state index is 13.2. The first-order valence-electron chi connectivity index (χ1n) is 7.26. The van der Waals surface area contributed by atoms with Gasteiger partial charge in [0.1, 0.15) is 5.82 Å². The average molecular weight is 276 g/mol. The van der Waals surface area contributed by atoms with Crippen LogP contribution in [-0.2, 0) is 6.54 Å². The normalized spacial score (nSPS) is 21.4. The van der Waals surface area contributed by atoms with Gasteiger partial charge in [0.25, 0.3) is 0 Å². The molecule has 1 aliphatic rings. The summed E-state index contributed by atoms with van der Waals surface area (Å²) in [7, 11) is 0. The van der Waals surface area contributed by atoms with Crippen molar-refractivity contribution >= 4 is 0 Å². The van der Waals surface area contributed by atoms with Crippen LogP contribution < -0.4 is 0 Å². The summed E-state index contributed by atoms with van der Waals surface area (Å²) in [6.45, 7) is 3.50. The van der Waals surface area contributed by atoms with Gasteiger partial charge in [-0.2, -0.15) is 5.26 Å². The highest BCUT2D eigenvalue weighted by atomic mass is 19.1. The number of aliphatic hydroxyl groups excluding tert-OH is 1. The van der Waals surface area contributed by atoms with Crippen molar-refractivity contribution in [3.63, 3.8) is 0 Å². The van der Waals surface area contributed by atoms with Crippen LogP contribution in [0, 0.1) is 17.1 Å². The highest BCUT2D eigenvalue weighted by molar-refractivity contribution is 5.37. The lowest BCUT2D eigenvalue weighted by molar-refractivity contribution is 0.0195. The molecule has 3 nitrogen and oxygen atoms in total. The quantitative estimate of drug-likeness (QED) is 0.920. The minimum atomic E-state index is -0.380. The van der Waals surface area contributed by atoms with E-state index >= 15 is 0 Å². The Bertz CT molecular complexity index is 498. The largest absolute Gasteiger partial charge is 0.392 e. The molecule has 2 unspecified atom stereocenters. The maximum atomic E-state index is 13.2. The van der Waals surface area contributed by atoms with Gasteiger partial charge in [0.2, 0.25) is 0 Å². The lowest BCUT2D eigenvalue weighted by atomic mass is 9.95. The van der Waals surface area contributed by atoms with Crippen molar-refractivity contribution in [3.05, 3.63) is 35.1 Å². The summed E-state index contributed by atoms with van der Waals surface area (Å²) in [5, 5.41) is 19.2. The van der Waals surface area contributed by atoms with E-state index in [0.29, 0.717) is 12.1 Å². The van der Waals surface area contributed by atoms with E-state index in [4.69, 9.17) is 5.26 Å². The van der Waals surface area contributed by atoms with Gasteiger partial charge in [-0.05, 0) is 43.5 Å². The van der Waals surface area contributed by atoms with Crippen molar-refractivity contribution in [1.82, 2.24) is 4.90 Å². The molecule has 1 fully saturated rings. The summed E-state index contributed by atoms with van der Waals surface area (Å²) >= 11 is 0. The van der Waals surface area contributed by atoms with Crippen LogP contribution in [0.15, 0.2) is 18.2 Å². The molecule has 1 heterocycles. The fraction of sp³-hybridized carbons (Fsp3) is 0.562. The van der Waals surface area contributed by atoms with Gasteiger partial charge >= 0.3 is 0 Å². The zero-order valence-corrected chi connectivity index (χ0v) is 11.8. The Kier molecular flexibility index (Phi) is 5.11. The van der Waals surface area contributed by atoms with E-state index in [0.717, 1.165) is 37.8 Å². The van der Waals surface area contributed by atoms with Crippen molar-refractivity contribution in [1.29, 1.82) is 5.26 Å². The molecule has 0 radical (unpaired) electrons. The van der Waals surface area contributed by atoms with Crippen LogP contribution >= 0.6 is 0 Å². The van der Waals surface area contributed by atoms with Crippen LogP contribution in [0.2, 0.25) is 0 Å². The van der Waals surface area contributed by atoms with Gasteiger partial charge in [-0.15, -0.1) is 0 Å². The molecular formula is C16H21FN2O. The lowest BCUT2D eigenvalue weighted by Gasteiger charge is -2.38. The predicted molar refractivity (Wildman–Crippen MR) is 75.5 cm³/mol. The number of benzene rings is 1. The zero-order valence-electron chi connectivity index (χ0n) is 11.8. The van der Waals surface area contributed by atoms with Crippen LogP contribution in [-0.4, -0.2) is 28.7 Å². The van der Waals surface area contributed by atoms with Gasteiger partial charge in [-0.1, -0.05) is 19.4 Å². The number of hydrogen-bond donors (Lipinski definition) is 1. The predicted octanol–water partition coefficient (Wildman–Crippen LogP) is 2.82. The molecule has 108 valence electrons. The molecular weight excluding hydrogens is 255 g/mol. The Morgan fingerprint density at radius 1 is 1.50 bits per heavy atom. The molecule has 1 aromatic carbocycles. The SMILES string of the molecule is CCC(O)C1CCCCN1Cc1ccc(F)cc1C#N.